The van der Waals surface area contributed by atoms with Crippen LogP contribution in [0.3, 0.4) is 0 Å². The van der Waals surface area contributed by atoms with Crippen molar-refractivity contribution >= 4 is 11.9 Å². The van der Waals surface area contributed by atoms with E-state index in [-0.39, 0.29) is 41.0 Å². The van der Waals surface area contributed by atoms with Gasteiger partial charge in [-0.25, -0.2) is 9.18 Å². The Morgan fingerprint density at radius 2 is 2.00 bits per heavy atom. The van der Waals surface area contributed by atoms with Gasteiger partial charge in [0.15, 0.2) is 0 Å². The average Bonchev–Trinajstić information content (AvgIpc) is 3.19. The standard InChI is InChI=1S/C21H28FN3O3/c1-23(2)20(27)25-11-15-10-24(19(26)21(7-8-21)13-28-3)12-17(15)18(25)14-5-4-6-16(22)9-14/h4-6,9,15,17-18H,7-8,10-13H2,1-3H3/t15-,17-,18-/m1/s1. The van der Waals surface area contributed by atoms with Gasteiger partial charge in [0.2, 0.25) is 5.91 Å². The summed E-state index contributed by atoms with van der Waals surface area (Å²) in [7, 11) is 5.10. The minimum atomic E-state index is -0.346. The number of nitrogens with zero attached hydrogens (tertiary/aromatic N) is 3. The van der Waals surface area contributed by atoms with Gasteiger partial charge < -0.3 is 19.4 Å². The summed E-state index contributed by atoms with van der Waals surface area (Å²) >= 11 is 0. The molecule has 0 radical (unpaired) electrons. The van der Waals surface area contributed by atoms with Crippen molar-refractivity contribution in [3.05, 3.63) is 35.6 Å². The molecule has 0 N–H and O–H groups in total. The van der Waals surface area contributed by atoms with Crippen LogP contribution < -0.4 is 0 Å². The van der Waals surface area contributed by atoms with Crippen LogP contribution in [0.25, 0.3) is 0 Å². The number of benzene rings is 1. The second-order valence-electron chi connectivity index (χ2n) is 8.68. The lowest BCUT2D eigenvalue weighted by Crippen LogP contribution is -2.43. The highest BCUT2D eigenvalue weighted by Crippen LogP contribution is 2.51. The Balaban J connectivity index is 1.59. The van der Waals surface area contributed by atoms with E-state index in [2.05, 4.69) is 0 Å². The molecule has 1 saturated carbocycles. The van der Waals surface area contributed by atoms with Crippen LogP contribution in [-0.4, -0.2) is 74.1 Å². The Bertz CT molecular complexity index is 780. The van der Waals surface area contributed by atoms with E-state index in [9.17, 15) is 14.0 Å². The maximum absolute atomic E-state index is 13.9. The summed E-state index contributed by atoms with van der Waals surface area (Å²) in [6, 6.07) is 6.21. The fourth-order valence-electron chi connectivity index (χ4n) is 4.96. The van der Waals surface area contributed by atoms with Gasteiger partial charge in [-0.05, 0) is 30.5 Å². The van der Waals surface area contributed by atoms with E-state index >= 15 is 0 Å². The first-order chi connectivity index (χ1) is 13.4. The van der Waals surface area contributed by atoms with Crippen molar-refractivity contribution in [1.82, 2.24) is 14.7 Å². The third-order valence-electron chi connectivity index (χ3n) is 6.50. The van der Waals surface area contributed by atoms with E-state index < -0.39 is 0 Å². The Morgan fingerprint density at radius 1 is 1.25 bits per heavy atom. The van der Waals surface area contributed by atoms with E-state index in [0.717, 1.165) is 18.4 Å². The quantitative estimate of drug-likeness (QED) is 0.795. The van der Waals surface area contributed by atoms with E-state index in [4.69, 9.17) is 4.74 Å². The second kappa shape index (κ2) is 7.03. The molecule has 6 nitrogen and oxygen atoms in total. The third kappa shape index (κ3) is 3.15. The SMILES string of the molecule is COCC1(C(=O)N2C[C@@H]3CN(C(=O)N(C)C)[C@H](c4cccc(F)c4)[C@@H]3C2)CC1. The minimum Gasteiger partial charge on any atom is -0.384 e. The fourth-order valence-corrected chi connectivity index (χ4v) is 4.96. The lowest BCUT2D eigenvalue weighted by Gasteiger charge is -2.32. The maximum atomic E-state index is 13.9. The molecule has 4 rings (SSSR count). The second-order valence-corrected chi connectivity index (χ2v) is 8.68. The van der Waals surface area contributed by atoms with Crippen molar-refractivity contribution in [2.45, 2.75) is 18.9 Å². The van der Waals surface area contributed by atoms with Crippen LogP contribution in [0.4, 0.5) is 9.18 Å². The molecule has 0 aromatic heterocycles. The van der Waals surface area contributed by atoms with Crippen molar-refractivity contribution in [3.8, 4) is 0 Å². The van der Waals surface area contributed by atoms with Crippen LogP contribution in [0.2, 0.25) is 0 Å². The van der Waals surface area contributed by atoms with Crippen molar-refractivity contribution < 1.29 is 18.7 Å². The first-order valence-corrected chi connectivity index (χ1v) is 9.88. The molecule has 1 aromatic carbocycles. The fraction of sp³-hybridized carbons (Fsp3) is 0.619. The molecule has 7 heteroatoms. The predicted molar refractivity (Wildman–Crippen MR) is 102 cm³/mol. The Hall–Kier alpha value is -2.15. The number of carbonyl (C=O) groups excluding carboxylic acids is 2. The monoisotopic (exact) mass is 389 g/mol. The molecule has 3 fully saturated rings. The molecular formula is C21H28FN3O3. The van der Waals surface area contributed by atoms with Gasteiger partial charge in [0.05, 0.1) is 18.1 Å². The number of methoxy groups -OCH3 is 1. The molecular weight excluding hydrogens is 361 g/mol. The van der Waals surface area contributed by atoms with Crippen LogP contribution in [0, 0.1) is 23.1 Å². The number of hydrogen-bond acceptors (Lipinski definition) is 3. The average molecular weight is 389 g/mol. The molecule has 0 spiro atoms. The molecule has 1 aliphatic carbocycles. The molecule has 3 aliphatic rings. The summed E-state index contributed by atoms with van der Waals surface area (Å²) in [6.07, 6.45) is 1.76. The normalized spacial score (nSPS) is 27.6. The molecule has 152 valence electrons. The smallest absolute Gasteiger partial charge is 0.320 e. The zero-order valence-electron chi connectivity index (χ0n) is 16.7. The summed E-state index contributed by atoms with van der Waals surface area (Å²) < 4.78 is 19.2. The topological polar surface area (TPSA) is 53.1 Å². The summed E-state index contributed by atoms with van der Waals surface area (Å²) in [5.41, 5.74) is 0.455. The number of ether oxygens (including phenoxy) is 1. The van der Waals surface area contributed by atoms with Crippen LogP contribution in [0.15, 0.2) is 24.3 Å². The van der Waals surface area contributed by atoms with Crippen LogP contribution in [-0.2, 0) is 9.53 Å². The predicted octanol–water partition coefficient (Wildman–Crippen LogP) is 2.37. The van der Waals surface area contributed by atoms with Crippen molar-refractivity contribution in [2.24, 2.45) is 17.3 Å². The molecule has 3 amide bonds. The van der Waals surface area contributed by atoms with Crippen LogP contribution >= 0.6 is 0 Å². The molecule has 3 atom stereocenters. The number of urea groups is 1. The van der Waals surface area contributed by atoms with Crippen LogP contribution in [0.5, 0.6) is 0 Å². The maximum Gasteiger partial charge on any atom is 0.320 e. The molecule has 0 bridgehead atoms. The number of hydrogen-bond donors (Lipinski definition) is 0. The molecule has 0 unspecified atom stereocenters. The van der Waals surface area contributed by atoms with Gasteiger partial charge in [-0.1, -0.05) is 12.1 Å². The van der Waals surface area contributed by atoms with Gasteiger partial charge in [-0.15, -0.1) is 0 Å². The lowest BCUT2D eigenvalue weighted by atomic mass is 9.89. The van der Waals surface area contributed by atoms with Gasteiger partial charge in [0, 0.05) is 52.7 Å². The highest BCUT2D eigenvalue weighted by Gasteiger charge is 2.56. The van der Waals surface area contributed by atoms with Crippen molar-refractivity contribution in [2.75, 3.05) is 47.4 Å². The highest BCUT2D eigenvalue weighted by molar-refractivity contribution is 5.86. The first kappa shape index (κ1) is 19.2. The van der Waals surface area contributed by atoms with Gasteiger partial charge in [-0.3, -0.25) is 4.79 Å². The van der Waals surface area contributed by atoms with Gasteiger partial charge in [-0.2, -0.15) is 0 Å². The summed E-state index contributed by atoms with van der Waals surface area (Å²) in [5.74, 6) is 0.195. The number of fused-ring (bicyclic) bond motifs is 1. The van der Waals surface area contributed by atoms with E-state index in [1.807, 2.05) is 15.9 Å². The molecule has 2 saturated heterocycles. The first-order valence-electron chi connectivity index (χ1n) is 9.88. The lowest BCUT2D eigenvalue weighted by molar-refractivity contribution is -0.138. The summed E-state index contributed by atoms with van der Waals surface area (Å²) in [4.78, 5) is 31.2. The summed E-state index contributed by atoms with van der Waals surface area (Å²) in [6.45, 7) is 2.31. The van der Waals surface area contributed by atoms with Gasteiger partial charge in [0.1, 0.15) is 5.82 Å². The number of rotatable bonds is 4. The number of amides is 3. The van der Waals surface area contributed by atoms with Crippen LogP contribution in [0.1, 0.15) is 24.4 Å². The zero-order valence-corrected chi connectivity index (χ0v) is 16.7. The number of halogens is 1. The van der Waals surface area contributed by atoms with Gasteiger partial charge in [0.25, 0.3) is 0 Å². The highest BCUT2D eigenvalue weighted by atomic mass is 19.1. The molecule has 28 heavy (non-hydrogen) atoms. The molecule has 2 heterocycles. The summed E-state index contributed by atoms with van der Waals surface area (Å²) in [5, 5.41) is 0. The number of likely N-dealkylation sites (tertiary alicyclic amines) is 2. The minimum absolute atomic E-state index is 0.0698. The van der Waals surface area contributed by atoms with Gasteiger partial charge >= 0.3 is 6.03 Å². The third-order valence-corrected chi connectivity index (χ3v) is 6.50. The zero-order chi connectivity index (χ0) is 20.1. The van der Waals surface area contributed by atoms with Crippen molar-refractivity contribution in [1.29, 1.82) is 0 Å². The number of carbonyl (C=O) groups is 2. The van der Waals surface area contributed by atoms with E-state index in [1.54, 1.807) is 32.2 Å². The Kier molecular flexibility index (Phi) is 4.81. The Morgan fingerprint density at radius 3 is 2.61 bits per heavy atom. The molecule has 2 aliphatic heterocycles. The van der Waals surface area contributed by atoms with Crippen molar-refractivity contribution in [3.63, 3.8) is 0 Å². The Labute approximate surface area is 165 Å². The largest absolute Gasteiger partial charge is 0.384 e. The molecule has 1 aromatic rings. The van der Waals surface area contributed by atoms with E-state index in [1.165, 1.54) is 12.1 Å². The van der Waals surface area contributed by atoms with E-state index in [0.29, 0.717) is 26.2 Å².